The molecule has 0 aliphatic rings. The minimum atomic E-state index is -0.902. The van der Waals surface area contributed by atoms with Crippen LogP contribution in [-0.4, -0.2) is 28.2 Å². The van der Waals surface area contributed by atoms with Gasteiger partial charge in [-0.25, -0.2) is 4.79 Å². The van der Waals surface area contributed by atoms with E-state index >= 15 is 0 Å². The minimum Gasteiger partial charge on any atom is -0.450 e. The zero-order valence-electron chi connectivity index (χ0n) is 14.3. The lowest BCUT2D eigenvalue weighted by molar-refractivity contribution is 0.0309. The van der Waals surface area contributed by atoms with E-state index in [4.69, 9.17) is 4.74 Å². The van der Waals surface area contributed by atoms with Gasteiger partial charge < -0.3 is 9.30 Å². The third kappa shape index (κ3) is 3.79. The molecule has 0 radical (unpaired) electrons. The highest BCUT2D eigenvalue weighted by Gasteiger charge is 2.22. The molecule has 126 valence electrons. The Morgan fingerprint density at radius 3 is 2.25 bits per heavy atom. The summed E-state index contributed by atoms with van der Waals surface area (Å²) in [6.07, 6.45) is 1.56. The molecule has 5 heteroatoms. The molecule has 1 aromatic heterocycles. The van der Waals surface area contributed by atoms with Crippen molar-refractivity contribution in [2.75, 3.05) is 0 Å². The number of hydrogen-bond acceptors (Lipinski definition) is 4. The summed E-state index contributed by atoms with van der Waals surface area (Å²) in [4.78, 5) is 36.0. The Bertz CT molecular complexity index is 771. The maximum Gasteiger partial charge on any atom is 0.355 e. The van der Waals surface area contributed by atoms with Crippen molar-refractivity contribution >= 4 is 17.5 Å². The smallest absolute Gasteiger partial charge is 0.355 e. The van der Waals surface area contributed by atoms with Crippen molar-refractivity contribution in [2.24, 2.45) is 7.05 Å². The maximum atomic E-state index is 12.4. The molecular formula is C19H21NO4. The Kier molecular flexibility index (Phi) is 5.34. The fourth-order valence-electron chi connectivity index (χ4n) is 2.37. The molecule has 0 amide bonds. The van der Waals surface area contributed by atoms with Crippen molar-refractivity contribution in [3.8, 4) is 0 Å². The van der Waals surface area contributed by atoms with Crippen LogP contribution >= 0.6 is 0 Å². The lowest BCUT2D eigenvalue weighted by atomic mass is 10.0. The Labute approximate surface area is 141 Å². The third-order valence-electron chi connectivity index (χ3n) is 3.92. The standard InChI is InChI=1S/C19H21NO4/c1-5-14-6-8-15(9-7-14)18(22)13(3)24-19(23)17-10-16(12(2)21)11-20(17)4/h6-11,13H,5H2,1-4H3/t13-/m1/s1. The average molecular weight is 327 g/mol. The van der Waals surface area contributed by atoms with Crippen LogP contribution < -0.4 is 0 Å². The van der Waals surface area contributed by atoms with Crippen molar-refractivity contribution in [1.82, 2.24) is 4.57 Å². The van der Waals surface area contributed by atoms with E-state index in [2.05, 4.69) is 0 Å². The number of esters is 1. The number of ether oxygens (including phenoxy) is 1. The SMILES string of the molecule is CCc1ccc(C(=O)[C@@H](C)OC(=O)c2cc(C(C)=O)cn2C)cc1. The number of benzene rings is 1. The topological polar surface area (TPSA) is 65.4 Å². The van der Waals surface area contributed by atoms with Crippen LogP contribution in [-0.2, 0) is 18.2 Å². The number of aryl methyl sites for hydroxylation is 2. The van der Waals surface area contributed by atoms with Crippen molar-refractivity contribution in [2.45, 2.75) is 33.3 Å². The highest BCUT2D eigenvalue weighted by atomic mass is 16.5. The van der Waals surface area contributed by atoms with Crippen LogP contribution in [0.1, 0.15) is 57.5 Å². The summed E-state index contributed by atoms with van der Waals surface area (Å²) in [5.74, 6) is -1.02. The summed E-state index contributed by atoms with van der Waals surface area (Å²) in [5, 5.41) is 0. The number of aromatic nitrogens is 1. The molecule has 0 spiro atoms. The van der Waals surface area contributed by atoms with Crippen molar-refractivity contribution < 1.29 is 19.1 Å². The number of carbonyl (C=O) groups excluding carboxylic acids is 3. The first-order valence-corrected chi connectivity index (χ1v) is 7.85. The molecule has 1 heterocycles. The Morgan fingerprint density at radius 2 is 1.75 bits per heavy atom. The molecule has 0 aliphatic heterocycles. The summed E-state index contributed by atoms with van der Waals surface area (Å²) in [7, 11) is 1.65. The number of carbonyl (C=O) groups is 3. The second-order valence-electron chi connectivity index (χ2n) is 5.74. The zero-order valence-corrected chi connectivity index (χ0v) is 14.3. The molecule has 24 heavy (non-hydrogen) atoms. The van der Waals surface area contributed by atoms with E-state index in [1.807, 2.05) is 19.1 Å². The third-order valence-corrected chi connectivity index (χ3v) is 3.92. The van der Waals surface area contributed by atoms with Gasteiger partial charge in [-0.15, -0.1) is 0 Å². The molecular weight excluding hydrogens is 306 g/mol. The second-order valence-corrected chi connectivity index (χ2v) is 5.74. The van der Waals surface area contributed by atoms with Gasteiger partial charge in [-0.1, -0.05) is 31.2 Å². The fourth-order valence-corrected chi connectivity index (χ4v) is 2.37. The number of hydrogen-bond donors (Lipinski definition) is 0. The van der Waals surface area contributed by atoms with Crippen LogP contribution in [0.4, 0.5) is 0 Å². The van der Waals surface area contributed by atoms with Crippen LogP contribution in [0.25, 0.3) is 0 Å². The molecule has 0 N–H and O–H groups in total. The Hall–Kier alpha value is -2.69. The molecule has 1 atom stereocenters. The van der Waals surface area contributed by atoms with E-state index in [9.17, 15) is 14.4 Å². The zero-order chi connectivity index (χ0) is 17.9. The van der Waals surface area contributed by atoms with E-state index < -0.39 is 12.1 Å². The molecule has 2 aromatic rings. The number of Topliss-reactive ketones (excluding diaryl/α,β-unsaturated/α-hetero) is 2. The lowest BCUT2D eigenvalue weighted by Crippen LogP contribution is -2.25. The van der Waals surface area contributed by atoms with Crippen LogP contribution in [0.15, 0.2) is 36.5 Å². The second kappa shape index (κ2) is 7.25. The van der Waals surface area contributed by atoms with Crippen LogP contribution in [0.5, 0.6) is 0 Å². The predicted octanol–water partition coefficient (Wildman–Crippen LogP) is 3.22. The van der Waals surface area contributed by atoms with E-state index in [0.29, 0.717) is 11.1 Å². The van der Waals surface area contributed by atoms with Gasteiger partial charge in [-0.05, 0) is 31.9 Å². The van der Waals surface area contributed by atoms with E-state index in [-0.39, 0.29) is 17.3 Å². The molecule has 0 unspecified atom stereocenters. The van der Waals surface area contributed by atoms with Gasteiger partial charge in [0.2, 0.25) is 5.78 Å². The van der Waals surface area contributed by atoms with Gasteiger partial charge in [0, 0.05) is 24.4 Å². The maximum absolute atomic E-state index is 12.4. The quantitative estimate of drug-likeness (QED) is 0.603. The molecule has 2 rings (SSSR count). The van der Waals surface area contributed by atoms with Crippen LogP contribution in [0.2, 0.25) is 0 Å². The molecule has 0 bridgehead atoms. The highest BCUT2D eigenvalue weighted by molar-refractivity contribution is 6.02. The fraction of sp³-hybridized carbons (Fsp3) is 0.316. The van der Waals surface area contributed by atoms with Gasteiger partial charge >= 0.3 is 5.97 Å². The van der Waals surface area contributed by atoms with Crippen LogP contribution in [0, 0.1) is 0 Å². The molecule has 0 fully saturated rings. The van der Waals surface area contributed by atoms with E-state index in [0.717, 1.165) is 12.0 Å². The summed E-state index contributed by atoms with van der Waals surface area (Å²) < 4.78 is 6.78. The Balaban J connectivity index is 2.10. The first-order chi connectivity index (χ1) is 11.3. The van der Waals surface area contributed by atoms with Gasteiger partial charge in [0.1, 0.15) is 5.69 Å². The van der Waals surface area contributed by atoms with Crippen molar-refractivity contribution in [3.05, 3.63) is 58.9 Å². The molecule has 0 saturated heterocycles. The van der Waals surface area contributed by atoms with Gasteiger partial charge in [0.15, 0.2) is 11.9 Å². The highest BCUT2D eigenvalue weighted by Crippen LogP contribution is 2.13. The predicted molar refractivity (Wildman–Crippen MR) is 90.4 cm³/mol. The van der Waals surface area contributed by atoms with Gasteiger partial charge in [0.25, 0.3) is 0 Å². The number of ketones is 2. The molecule has 5 nitrogen and oxygen atoms in total. The van der Waals surface area contributed by atoms with Crippen LogP contribution in [0.3, 0.4) is 0 Å². The normalized spacial score (nSPS) is 11.8. The summed E-state index contributed by atoms with van der Waals surface area (Å²) in [6.45, 7) is 5.01. The van der Waals surface area contributed by atoms with Gasteiger partial charge in [-0.3, -0.25) is 9.59 Å². The first-order valence-electron chi connectivity index (χ1n) is 7.85. The summed E-state index contributed by atoms with van der Waals surface area (Å²) in [5.41, 5.74) is 2.31. The Morgan fingerprint density at radius 1 is 1.12 bits per heavy atom. The lowest BCUT2D eigenvalue weighted by Gasteiger charge is -2.13. The average Bonchev–Trinajstić information content (AvgIpc) is 2.96. The van der Waals surface area contributed by atoms with Gasteiger partial charge in [-0.2, -0.15) is 0 Å². The van der Waals surface area contributed by atoms with Crippen molar-refractivity contribution in [3.63, 3.8) is 0 Å². The van der Waals surface area contributed by atoms with Crippen molar-refractivity contribution in [1.29, 1.82) is 0 Å². The number of rotatable bonds is 6. The van der Waals surface area contributed by atoms with E-state index in [1.54, 1.807) is 32.3 Å². The monoisotopic (exact) mass is 327 g/mol. The summed E-state index contributed by atoms with van der Waals surface area (Å²) >= 11 is 0. The number of nitrogens with zero attached hydrogens (tertiary/aromatic N) is 1. The molecule has 1 aromatic carbocycles. The van der Waals surface area contributed by atoms with Gasteiger partial charge in [0.05, 0.1) is 0 Å². The van der Waals surface area contributed by atoms with E-state index in [1.165, 1.54) is 17.6 Å². The minimum absolute atomic E-state index is 0.134. The first kappa shape index (κ1) is 17.7. The molecule has 0 aliphatic carbocycles. The largest absolute Gasteiger partial charge is 0.450 e. The summed E-state index contributed by atoms with van der Waals surface area (Å²) in [6, 6.07) is 8.72. The molecule has 0 saturated carbocycles.